The summed E-state index contributed by atoms with van der Waals surface area (Å²) < 4.78 is 10.4. The fourth-order valence-electron chi connectivity index (χ4n) is 2.12. The van der Waals surface area contributed by atoms with Crippen LogP contribution in [0.1, 0.15) is 11.5 Å². The van der Waals surface area contributed by atoms with Gasteiger partial charge in [-0.3, -0.25) is 0 Å². The van der Waals surface area contributed by atoms with Crippen LogP contribution in [-0.4, -0.2) is 22.4 Å². The van der Waals surface area contributed by atoms with Crippen LogP contribution in [0.2, 0.25) is 0 Å². The van der Waals surface area contributed by atoms with Crippen molar-refractivity contribution in [3.05, 3.63) is 35.0 Å². The van der Waals surface area contributed by atoms with Crippen LogP contribution >= 0.6 is 11.3 Å². The third kappa shape index (κ3) is 2.38. The summed E-state index contributed by atoms with van der Waals surface area (Å²) in [5.74, 6) is 1.36. The fourth-order valence-corrected chi connectivity index (χ4v) is 3.01. The highest BCUT2D eigenvalue weighted by Crippen LogP contribution is 2.40. The second-order valence-corrected chi connectivity index (χ2v) is 5.50. The third-order valence-corrected chi connectivity index (χ3v) is 4.13. The number of aryl methyl sites for hydroxylation is 2. The Kier molecular flexibility index (Phi) is 3.39. The monoisotopic (exact) mass is 302 g/mol. The molecule has 0 amide bonds. The molecular formula is C15H14N2O3S. The van der Waals surface area contributed by atoms with Gasteiger partial charge in [0.1, 0.15) is 28.0 Å². The predicted octanol–water partition coefficient (Wildman–Crippen LogP) is 3.80. The van der Waals surface area contributed by atoms with Gasteiger partial charge < -0.3 is 14.4 Å². The number of hydrogen-bond donors (Lipinski definition) is 1. The minimum absolute atomic E-state index is 0.0946. The van der Waals surface area contributed by atoms with Gasteiger partial charge in [0.15, 0.2) is 0 Å². The summed E-state index contributed by atoms with van der Waals surface area (Å²) in [4.78, 5) is 4.48. The van der Waals surface area contributed by atoms with E-state index in [1.165, 1.54) is 11.3 Å². The van der Waals surface area contributed by atoms with E-state index in [1.54, 1.807) is 25.3 Å². The van der Waals surface area contributed by atoms with Gasteiger partial charge in [0.2, 0.25) is 0 Å². The lowest BCUT2D eigenvalue weighted by Gasteiger charge is -2.05. The molecule has 0 bridgehead atoms. The second kappa shape index (κ2) is 5.21. The van der Waals surface area contributed by atoms with Gasteiger partial charge in [-0.15, -0.1) is 11.3 Å². The molecule has 2 aromatic heterocycles. The number of thiazole rings is 1. The second-order valence-electron chi connectivity index (χ2n) is 4.64. The maximum Gasteiger partial charge on any atom is 0.144 e. The Morgan fingerprint density at radius 3 is 2.71 bits per heavy atom. The van der Waals surface area contributed by atoms with Crippen LogP contribution in [0.25, 0.3) is 21.8 Å². The summed E-state index contributed by atoms with van der Waals surface area (Å²) in [6.45, 7) is 3.77. The van der Waals surface area contributed by atoms with E-state index in [0.29, 0.717) is 22.8 Å². The molecule has 3 aromatic rings. The maximum absolute atomic E-state index is 10.2. The molecule has 1 aromatic carbocycles. The number of rotatable bonds is 3. The molecule has 0 spiro atoms. The third-order valence-electron chi connectivity index (χ3n) is 3.16. The first kappa shape index (κ1) is 13.6. The molecule has 108 valence electrons. The average molecular weight is 302 g/mol. The summed E-state index contributed by atoms with van der Waals surface area (Å²) in [5, 5.41) is 17.1. The molecule has 0 aliphatic heterocycles. The summed E-state index contributed by atoms with van der Waals surface area (Å²) in [7, 11) is 1.55. The molecule has 0 saturated heterocycles. The van der Waals surface area contributed by atoms with Crippen LogP contribution in [0.4, 0.5) is 0 Å². The maximum atomic E-state index is 10.2. The molecule has 1 N–H and O–H groups in total. The van der Waals surface area contributed by atoms with Gasteiger partial charge in [0.05, 0.1) is 12.7 Å². The lowest BCUT2D eigenvalue weighted by molar-refractivity contribution is 0.398. The number of phenolic OH excluding ortho intramolecular Hbond substituents is 1. The zero-order valence-electron chi connectivity index (χ0n) is 11.9. The molecule has 0 aliphatic carbocycles. The average Bonchev–Trinajstić information content (AvgIpc) is 3.04. The van der Waals surface area contributed by atoms with Crippen molar-refractivity contribution in [1.82, 2.24) is 10.1 Å². The van der Waals surface area contributed by atoms with E-state index in [9.17, 15) is 5.11 Å². The highest BCUT2D eigenvalue weighted by atomic mass is 32.1. The predicted molar refractivity (Wildman–Crippen MR) is 80.7 cm³/mol. The van der Waals surface area contributed by atoms with Gasteiger partial charge in [-0.2, -0.15) is 0 Å². The van der Waals surface area contributed by atoms with Gasteiger partial charge in [0, 0.05) is 22.7 Å². The molecule has 0 atom stereocenters. The summed E-state index contributed by atoms with van der Waals surface area (Å²) in [6.07, 6.45) is 0. The Morgan fingerprint density at radius 2 is 2.10 bits per heavy atom. The van der Waals surface area contributed by atoms with Crippen molar-refractivity contribution in [2.45, 2.75) is 13.8 Å². The fraction of sp³-hybridized carbons (Fsp3) is 0.200. The molecule has 0 unspecified atom stereocenters. The van der Waals surface area contributed by atoms with Gasteiger partial charge >= 0.3 is 0 Å². The van der Waals surface area contributed by atoms with Crippen LogP contribution in [0.15, 0.2) is 28.1 Å². The lowest BCUT2D eigenvalue weighted by Crippen LogP contribution is -1.87. The zero-order chi connectivity index (χ0) is 15.0. The summed E-state index contributed by atoms with van der Waals surface area (Å²) in [6, 6.07) is 5.08. The van der Waals surface area contributed by atoms with Crippen molar-refractivity contribution < 1.29 is 14.4 Å². The standard InChI is InChI=1S/C15H14N2O3S/c1-8-7-21-15(16-8)13-9(2)20-17-14(13)11-5-4-10(19-3)6-12(11)18/h4-7,18H,1-3H3. The molecule has 0 aliphatic rings. The number of hydrogen-bond acceptors (Lipinski definition) is 6. The topological polar surface area (TPSA) is 68.4 Å². The van der Waals surface area contributed by atoms with E-state index in [4.69, 9.17) is 9.26 Å². The molecular weight excluding hydrogens is 288 g/mol. The van der Waals surface area contributed by atoms with E-state index >= 15 is 0 Å². The molecule has 21 heavy (non-hydrogen) atoms. The minimum Gasteiger partial charge on any atom is -0.507 e. The van der Waals surface area contributed by atoms with Gasteiger partial charge in [-0.1, -0.05) is 5.16 Å². The van der Waals surface area contributed by atoms with Gasteiger partial charge in [-0.25, -0.2) is 4.98 Å². The van der Waals surface area contributed by atoms with E-state index in [-0.39, 0.29) is 5.75 Å². The highest BCUT2D eigenvalue weighted by molar-refractivity contribution is 7.13. The molecule has 5 nitrogen and oxygen atoms in total. The molecule has 0 fully saturated rings. The first-order valence-corrected chi connectivity index (χ1v) is 7.24. The number of ether oxygens (including phenoxy) is 1. The minimum atomic E-state index is 0.0946. The number of aromatic nitrogens is 2. The zero-order valence-corrected chi connectivity index (χ0v) is 12.7. The van der Waals surface area contributed by atoms with E-state index in [2.05, 4.69) is 10.1 Å². The SMILES string of the molecule is COc1ccc(-c2noc(C)c2-c2nc(C)cs2)c(O)c1. The van der Waals surface area contributed by atoms with E-state index < -0.39 is 0 Å². The molecule has 0 radical (unpaired) electrons. The van der Waals surface area contributed by atoms with E-state index in [1.807, 2.05) is 19.2 Å². The molecule has 0 saturated carbocycles. The van der Waals surface area contributed by atoms with Gasteiger partial charge in [-0.05, 0) is 26.0 Å². The smallest absolute Gasteiger partial charge is 0.144 e. The van der Waals surface area contributed by atoms with Crippen molar-refractivity contribution >= 4 is 11.3 Å². The lowest BCUT2D eigenvalue weighted by atomic mass is 10.1. The van der Waals surface area contributed by atoms with Crippen LogP contribution < -0.4 is 4.74 Å². The Balaban J connectivity index is 2.16. The first-order valence-electron chi connectivity index (χ1n) is 6.36. The van der Waals surface area contributed by atoms with Crippen LogP contribution in [0.3, 0.4) is 0 Å². The van der Waals surface area contributed by atoms with E-state index in [0.717, 1.165) is 16.3 Å². The van der Waals surface area contributed by atoms with Crippen molar-refractivity contribution in [2.75, 3.05) is 7.11 Å². The Labute approximate surface area is 125 Å². The number of aromatic hydroxyl groups is 1. The number of benzene rings is 1. The van der Waals surface area contributed by atoms with Crippen molar-refractivity contribution in [1.29, 1.82) is 0 Å². The van der Waals surface area contributed by atoms with Crippen molar-refractivity contribution in [3.8, 4) is 33.3 Å². The van der Waals surface area contributed by atoms with Crippen molar-refractivity contribution in [3.63, 3.8) is 0 Å². The quantitative estimate of drug-likeness (QED) is 0.797. The first-order chi connectivity index (χ1) is 10.1. The number of methoxy groups -OCH3 is 1. The number of phenols is 1. The number of nitrogens with zero attached hydrogens (tertiary/aromatic N) is 2. The largest absolute Gasteiger partial charge is 0.507 e. The summed E-state index contributed by atoms with van der Waals surface area (Å²) in [5.41, 5.74) is 2.94. The summed E-state index contributed by atoms with van der Waals surface area (Å²) >= 11 is 1.53. The van der Waals surface area contributed by atoms with Crippen LogP contribution in [0.5, 0.6) is 11.5 Å². The Bertz CT molecular complexity index is 792. The Morgan fingerprint density at radius 1 is 1.29 bits per heavy atom. The van der Waals surface area contributed by atoms with Crippen LogP contribution in [-0.2, 0) is 0 Å². The van der Waals surface area contributed by atoms with Crippen molar-refractivity contribution in [2.24, 2.45) is 0 Å². The Hall–Kier alpha value is -2.34. The van der Waals surface area contributed by atoms with Crippen LogP contribution in [0, 0.1) is 13.8 Å². The molecule has 3 rings (SSSR count). The highest BCUT2D eigenvalue weighted by Gasteiger charge is 2.21. The normalized spacial score (nSPS) is 10.8. The molecule has 2 heterocycles. The van der Waals surface area contributed by atoms with Gasteiger partial charge in [0.25, 0.3) is 0 Å². The molecule has 6 heteroatoms.